The third-order valence-corrected chi connectivity index (χ3v) is 8.28. The highest BCUT2D eigenvalue weighted by Crippen LogP contribution is 2.30. The summed E-state index contributed by atoms with van der Waals surface area (Å²) >= 11 is 0. The second-order valence-corrected chi connectivity index (χ2v) is 10.7. The van der Waals surface area contributed by atoms with Gasteiger partial charge in [0.15, 0.2) is 0 Å². The maximum atomic E-state index is 13.1. The summed E-state index contributed by atoms with van der Waals surface area (Å²) < 4.78 is 31.5. The molecule has 8 heteroatoms. The van der Waals surface area contributed by atoms with Crippen molar-refractivity contribution in [3.63, 3.8) is 0 Å². The van der Waals surface area contributed by atoms with E-state index >= 15 is 0 Å². The number of nitrogens with one attached hydrogen (secondary N) is 3. The number of methoxy groups -OCH3 is 1. The molecule has 3 N–H and O–H groups in total. The topological polar surface area (TPSA) is 96.5 Å². The molecule has 0 radical (unpaired) electrons. The van der Waals surface area contributed by atoms with Gasteiger partial charge in [0.25, 0.3) is 0 Å². The summed E-state index contributed by atoms with van der Waals surface area (Å²) in [6.45, 7) is 5.99. The van der Waals surface area contributed by atoms with Crippen molar-refractivity contribution in [2.45, 2.75) is 55.1 Å². The molecule has 0 saturated carbocycles. The van der Waals surface area contributed by atoms with Gasteiger partial charge in [0.05, 0.1) is 22.9 Å². The predicted octanol–water partition coefficient (Wildman–Crippen LogP) is 2.10. The van der Waals surface area contributed by atoms with Crippen molar-refractivity contribution in [3.8, 4) is 5.75 Å². The maximum absolute atomic E-state index is 13.1. The average molecular weight is 458 g/mol. The van der Waals surface area contributed by atoms with Gasteiger partial charge in [-0.2, -0.15) is 0 Å². The van der Waals surface area contributed by atoms with Crippen LogP contribution in [0, 0.1) is 19.8 Å². The Morgan fingerprint density at radius 1 is 1.12 bits per heavy atom. The van der Waals surface area contributed by atoms with Crippen molar-refractivity contribution in [1.29, 1.82) is 0 Å². The zero-order valence-electron chi connectivity index (χ0n) is 18.8. The normalized spacial score (nSPS) is 22.9. The molecule has 32 heavy (non-hydrogen) atoms. The largest absolute Gasteiger partial charge is 0.496 e. The van der Waals surface area contributed by atoms with E-state index in [1.165, 1.54) is 0 Å². The number of hydrogen-bond donors (Lipinski definition) is 3. The second kappa shape index (κ2) is 9.21. The van der Waals surface area contributed by atoms with Crippen molar-refractivity contribution in [2.24, 2.45) is 5.92 Å². The third kappa shape index (κ3) is 4.53. The fourth-order valence-electron chi connectivity index (χ4n) is 4.82. The van der Waals surface area contributed by atoms with Crippen molar-refractivity contribution >= 4 is 15.7 Å². The summed E-state index contributed by atoms with van der Waals surface area (Å²) in [6, 6.07) is 10.2. The first-order chi connectivity index (χ1) is 15.3. The van der Waals surface area contributed by atoms with Crippen LogP contribution in [0.25, 0.3) is 0 Å². The number of piperidine rings is 1. The average Bonchev–Trinajstić information content (AvgIpc) is 3.22. The number of benzene rings is 2. The number of aryl methyl sites for hydroxylation is 2. The number of sulfone groups is 1. The van der Waals surface area contributed by atoms with Gasteiger partial charge in [-0.05, 0) is 86.7 Å². The molecule has 3 unspecified atom stereocenters. The van der Waals surface area contributed by atoms with Crippen LogP contribution in [-0.4, -0.2) is 46.6 Å². The lowest BCUT2D eigenvalue weighted by Crippen LogP contribution is -2.45. The van der Waals surface area contributed by atoms with Crippen molar-refractivity contribution in [1.82, 2.24) is 16.0 Å². The molecule has 0 aliphatic carbocycles. The van der Waals surface area contributed by atoms with E-state index in [1.807, 2.05) is 13.8 Å². The number of carbonyl (C=O) groups excluding carboxylic acids is 1. The van der Waals surface area contributed by atoms with Gasteiger partial charge in [-0.1, -0.05) is 12.1 Å². The summed E-state index contributed by atoms with van der Waals surface area (Å²) in [4.78, 5) is 13.1. The quantitative estimate of drug-likeness (QED) is 0.615. The van der Waals surface area contributed by atoms with E-state index in [9.17, 15) is 13.2 Å². The van der Waals surface area contributed by atoms with E-state index in [0.29, 0.717) is 24.3 Å². The molecule has 172 valence electrons. The van der Waals surface area contributed by atoms with E-state index in [1.54, 1.807) is 43.5 Å². The fraction of sp³-hybridized carbons (Fsp3) is 0.458. The monoisotopic (exact) mass is 457 g/mol. The molecule has 2 aliphatic heterocycles. The Kier molecular flexibility index (Phi) is 6.55. The molecule has 0 aromatic heterocycles. The van der Waals surface area contributed by atoms with Crippen LogP contribution in [0.4, 0.5) is 0 Å². The molecule has 2 saturated heterocycles. The van der Waals surface area contributed by atoms with Gasteiger partial charge in [0, 0.05) is 12.6 Å². The lowest BCUT2D eigenvalue weighted by atomic mass is 9.94. The van der Waals surface area contributed by atoms with Crippen molar-refractivity contribution in [2.75, 3.05) is 20.2 Å². The summed E-state index contributed by atoms with van der Waals surface area (Å²) in [5.74, 6) is 1.21. The van der Waals surface area contributed by atoms with Gasteiger partial charge in [-0.25, -0.2) is 8.42 Å². The first kappa shape index (κ1) is 22.8. The molecule has 2 aromatic rings. The Labute approximate surface area is 189 Å². The van der Waals surface area contributed by atoms with Gasteiger partial charge in [0.2, 0.25) is 15.7 Å². The molecule has 0 bridgehead atoms. The smallest absolute Gasteiger partial charge is 0.237 e. The Morgan fingerprint density at radius 3 is 2.44 bits per heavy atom. The lowest BCUT2D eigenvalue weighted by Gasteiger charge is -2.25. The molecule has 7 nitrogen and oxygen atoms in total. The van der Waals surface area contributed by atoms with Crippen LogP contribution < -0.4 is 20.7 Å². The predicted molar refractivity (Wildman–Crippen MR) is 123 cm³/mol. The van der Waals surface area contributed by atoms with Gasteiger partial charge in [-0.3, -0.25) is 4.79 Å². The van der Waals surface area contributed by atoms with Crippen LogP contribution in [0.1, 0.15) is 29.5 Å². The third-order valence-electron chi connectivity index (χ3n) is 6.53. The molecular formula is C24H31N3O4S. The number of carbonyl (C=O) groups is 1. The number of amides is 1. The highest BCUT2D eigenvalue weighted by Gasteiger charge is 2.38. The molecule has 1 amide bonds. The molecule has 2 fully saturated rings. The minimum Gasteiger partial charge on any atom is -0.496 e. The first-order valence-corrected chi connectivity index (χ1v) is 12.5. The number of ether oxygens (including phenoxy) is 1. The summed E-state index contributed by atoms with van der Waals surface area (Å²) in [6.07, 6.45) is 1.90. The Morgan fingerprint density at radius 2 is 1.81 bits per heavy atom. The summed E-state index contributed by atoms with van der Waals surface area (Å²) in [5.41, 5.74) is 2.42. The molecule has 2 aromatic carbocycles. The molecular weight excluding hydrogens is 426 g/mol. The number of fused-ring (bicyclic) bond motifs is 1. The van der Waals surface area contributed by atoms with Gasteiger partial charge in [-0.15, -0.1) is 0 Å². The van der Waals surface area contributed by atoms with Crippen LogP contribution >= 0.6 is 0 Å². The SMILES string of the molecule is COc1c(C)cc(S(=O)(=O)c2ccc(CNC(=O)C3CC4CNCCC4N3)cc2)cc1C. The van der Waals surface area contributed by atoms with Gasteiger partial charge in [0.1, 0.15) is 5.75 Å². The van der Waals surface area contributed by atoms with E-state index in [-0.39, 0.29) is 21.7 Å². The molecule has 3 atom stereocenters. The van der Waals surface area contributed by atoms with E-state index in [2.05, 4.69) is 16.0 Å². The minimum absolute atomic E-state index is 0.000260. The Balaban J connectivity index is 1.40. The summed E-state index contributed by atoms with van der Waals surface area (Å²) in [5, 5.41) is 9.82. The number of rotatable bonds is 6. The van der Waals surface area contributed by atoms with Gasteiger partial charge >= 0.3 is 0 Å². The van der Waals surface area contributed by atoms with Crippen LogP contribution in [0.2, 0.25) is 0 Å². The van der Waals surface area contributed by atoms with Crippen LogP contribution in [-0.2, 0) is 21.2 Å². The fourth-order valence-corrected chi connectivity index (χ4v) is 6.25. The maximum Gasteiger partial charge on any atom is 0.237 e. The van der Waals surface area contributed by atoms with Crippen LogP contribution in [0.3, 0.4) is 0 Å². The first-order valence-electron chi connectivity index (χ1n) is 11.0. The molecule has 2 heterocycles. The Bertz CT molecular complexity index is 1060. The van der Waals surface area contributed by atoms with Crippen LogP contribution in [0.5, 0.6) is 5.75 Å². The van der Waals surface area contributed by atoms with Crippen LogP contribution in [0.15, 0.2) is 46.2 Å². The van der Waals surface area contributed by atoms with Crippen molar-refractivity contribution < 1.29 is 17.9 Å². The van der Waals surface area contributed by atoms with E-state index in [4.69, 9.17) is 4.74 Å². The standard InChI is InChI=1S/C24H31N3O4S/c1-15-10-20(11-16(2)23(15)31-3)32(29,30)19-6-4-17(5-7-19)13-26-24(28)22-12-18-14-25-9-8-21(18)27-22/h4-7,10-11,18,21-22,25,27H,8-9,12-14H2,1-3H3,(H,26,28). The highest BCUT2D eigenvalue weighted by molar-refractivity contribution is 7.91. The second-order valence-electron chi connectivity index (χ2n) is 8.77. The van der Waals surface area contributed by atoms with Crippen molar-refractivity contribution in [3.05, 3.63) is 53.1 Å². The minimum atomic E-state index is -3.64. The van der Waals surface area contributed by atoms with E-state index < -0.39 is 9.84 Å². The molecule has 4 rings (SSSR count). The summed E-state index contributed by atoms with van der Waals surface area (Å²) in [7, 11) is -2.06. The zero-order valence-corrected chi connectivity index (χ0v) is 19.6. The highest BCUT2D eigenvalue weighted by atomic mass is 32.2. The van der Waals surface area contributed by atoms with E-state index in [0.717, 1.165) is 42.6 Å². The lowest BCUT2D eigenvalue weighted by molar-refractivity contribution is -0.123. The van der Waals surface area contributed by atoms with Gasteiger partial charge < -0.3 is 20.7 Å². The molecule has 2 aliphatic rings. The zero-order chi connectivity index (χ0) is 22.9. The number of hydrogen-bond acceptors (Lipinski definition) is 6. The Hall–Kier alpha value is -2.42. The molecule has 0 spiro atoms.